The molecule has 312 valence electrons. The molecule has 4 fully saturated rings. The molecule has 3 aromatic rings. The minimum absolute atomic E-state index is 0.0105. The third-order valence-electron chi connectivity index (χ3n) is 13.3. The number of Topliss-reactive ketones (excluding diaryl/α,β-unsaturated/α-hetero) is 3. The van der Waals surface area contributed by atoms with Crippen molar-refractivity contribution < 1.29 is 33.0 Å². The number of nitriles is 1. The van der Waals surface area contributed by atoms with Crippen molar-refractivity contribution in [3.05, 3.63) is 88.2 Å². The number of morpholine rings is 1. The Kier molecular flexibility index (Phi) is 12.0. The van der Waals surface area contributed by atoms with Crippen molar-refractivity contribution in [3.63, 3.8) is 0 Å². The number of benzene rings is 3. The number of rotatable bonds is 11. The van der Waals surface area contributed by atoms with Crippen molar-refractivity contribution in [1.29, 1.82) is 5.26 Å². The van der Waals surface area contributed by atoms with Gasteiger partial charge in [-0.1, -0.05) is 27.7 Å². The van der Waals surface area contributed by atoms with Crippen LogP contribution < -0.4 is 19.9 Å². The molecule has 0 unspecified atom stereocenters. The molecular formula is C47H56FN5O6. The fraction of sp³-hybridized carbons (Fsp3) is 0.511. The molecule has 2 heterocycles. The number of nitrogens with zero attached hydrogens (tertiary/aromatic N) is 4. The fourth-order valence-corrected chi connectivity index (χ4v) is 10.2. The zero-order valence-electron chi connectivity index (χ0n) is 35.1. The summed E-state index contributed by atoms with van der Waals surface area (Å²) in [4.78, 5) is 56.9. The molecule has 11 nitrogen and oxygen atoms in total. The lowest BCUT2D eigenvalue weighted by atomic mass is 9.44. The van der Waals surface area contributed by atoms with Gasteiger partial charge >= 0.3 is 0 Å². The van der Waals surface area contributed by atoms with Gasteiger partial charge in [0.15, 0.2) is 11.6 Å². The van der Waals surface area contributed by atoms with Crippen LogP contribution in [0.25, 0.3) is 0 Å². The second-order valence-electron chi connectivity index (χ2n) is 18.0. The van der Waals surface area contributed by atoms with Gasteiger partial charge in [-0.15, -0.1) is 0 Å². The standard InChI is InChI=1S/C47H56FN5O6/c1-29-21-35(22-30(2)38(29)26-49)59-45-46(3,4)43(47(45,5)6)25-41(55)31-7-9-32(10-8-31)53-19-20-58-36(28-53)27-51-15-17-52(18-16-51)33-11-13-37(39(48)23-33)44(57)50-40-14-12-34(54)24-42(40)56/h7-11,13,21-23,36,40,43,45H,12,14-20,24-25,27-28H2,1-6H3,(H,50,57)/t36-,40+,43?,45?/m1/s1. The Balaban J connectivity index is 0.879. The van der Waals surface area contributed by atoms with Gasteiger partial charge in [0, 0.05) is 86.4 Å². The van der Waals surface area contributed by atoms with Crippen LogP contribution in [0.2, 0.25) is 0 Å². The first-order valence-corrected chi connectivity index (χ1v) is 20.8. The van der Waals surface area contributed by atoms with E-state index >= 15 is 4.39 Å². The Morgan fingerprint density at radius 3 is 2.20 bits per heavy atom. The molecule has 0 bridgehead atoms. The normalized spacial score (nSPS) is 24.2. The first kappa shape index (κ1) is 42.0. The highest BCUT2D eigenvalue weighted by atomic mass is 19.1. The van der Waals surface area contributed by atoms with Crippen molar-refractivity contribution in [1.82, 2.24) is 10.2 Å². The lowest BCUT2D eigenvalue weighted by molar-refractivity contribution is -0.196. The highest BCUT2D eigenvalue weighted by Gasteiger charge is 2.63. The van der Waals surface area contributed by atoms with Gasteiger partial charge in [-0.2, -0.15) is 5.26 Å². The SMILES string of the molecule is Cc1cc(OC2C(C)(C)C(CC(=O)c3ccc(N4CCO[C@H](CN5CCN(c6ccc(C(=O)N[C@H]7CCC(=O)CC7=O)c(F)c6)CC5)C4)cc3)C2(C)C)cc(C)c1C#N. The molecule has 2 aliphatic carbocycles. The molecule has 12 heteroatoms. The zero-order chi connectivity index (χ0) is 42.2. The first-order valence-electron chi connectivity index (χ1n) is 20.8. The molecule has 7 rings (SSSR count). The summed E-state index contributed by atoms with van der Waals surface area (Å²) in [5.74, 6) is -0.748. The van der Waals surface area contributed by atoms with Crippen molar-refractivity contribution >= 4 is 34.6 Å². The second kappa shape index (κ2) is 16.9. The number of piperazine rings is 1. The van der Waals surface area contributed by atoms with Gasteiger partial charge in [-0.25, -0.2) is 4.39 Å². The van der Waals surface area contributed by atoms with Crippen LogP contribution in [-0.4, -0.2) is 98.8 Å². The highest BCUT2D eigenvalue weighted by Crippen LogP contribution is 2.61. The molecule has 1 amide bonds. The quantitative estimate of drug-likeness (QED) is 0.170. The molecule has 0 spiro atoms. The van der Waals surface area contributed by atoms with Crippen LogP contribution in [0.15, 0.2) is 54.6 Å². The molecule has 2 saturated carbocycles. The van der Waals surface area contributed by atoms with Crippen LogP contribution in [0, 0.1) is 47.7 Å². The van der Waals surface area contributed by atoms with E-state index in [9.17, 15) is 24.4 Å². The van der Waals surface area contributed by atoms with Gasteiger partial charge in [0.1, 0.15) is 23.5 Å². The third-order valence-corrected chi connectivity index (χ3v) is 13.3. The van der Waals surface area contributed by atoms with E-state index in [1.54, 1.807) is 6.07 Å². The van der Waals surface area contributed by atoms with Gasteiger partial charge in [0.05, 0.1) is 42.4 Å². The number of nitrogens with one attached hydrogen (secondary N) is 1. The third kappa shape index (κ3) is 8.78. The number of aryl methyl sites for hydroxylation is 2. The molecule has 1 N–H and O–H groups in total. The number of amides is 1. The summed E-state index contributed by atoms with van der Waals surface area (Å²) >= 11 is 0. The minimum atomic E-state index is -0.763. The predicted molar refractivity (Wildman–Crippen MR) is 224 cm³/mol. The Bertz CT molecular complexity index is 2110. The van der Waals surface area contributed by atoms with Crippen LogP contribution in [0.5, 0.6) is 5.75 Å². The number of ether oxygens (including phenoxy) is 2. The number of anilines is 2. The van der Waals surface area contributed by atoms with Crippen LogP contribution in [0.3, 0.4) is 0 Å². The minimum Gasteiger partial charge on any atom is -0.489 e. The van der Waals surface area contributed by atoms with E-state index in [0.29, 0.717) is 42.9 Å². The van der Waals surface area contributed by atoms with E-state index in [4.69, 9.17) is 9.47 Å². The molecule has 2 aliphatic heterocycles. The van der Waals surface area contributed by atoms with Crippen molar-refractivity contribution in [3.8, 4) is 11.8 Å². The summed E-state index contributed by atoms with van der Waals surface area (Å²) < 4.78 is 27.9. The molecule has 0 aromatic heterocycles. The summed E-state index contributed by atoms with van der Waals surface area (Å²) in [6, 6.07) is 17.9. The average molecular weight is 806 g/mol. The van der Waals surface area contributed by atoms with Crippen molar-refractivity contribution in [2.75, 3.05) is 62.2 Å². The Morgan fingerprint density at radius 2 is 1.58 bits per heavy atom. The Hall–Kier alpha value is -5.12. The van der Waals surface area contributed by atoms with Crippen molar-refractivity contribution in [2.24, 2.45) is 16.7 Å². The number of carbonyl (C=O) groups is 4. The predicted octanol–water partition coefficient (Wildman–Crippen LogP) is 6.46. The average Bonchev–Trinajstić information content (AvgIpc) is 3.20. The van der Waals surface area contributed by atoms with Gasteiger partial charge in [0.25, 0.3) is 5.91 Å². The van der Waals surface area contributed by atoms with Crippen LogP contribution in [0.4, 0.5) is 15.8 Å². The largest absolute Gasteiger partial charge is 0.489 e. The second-order valence-corrected chi connectivity index (χ2v) is 18.0. The smallest absolute Gasteiger partial charge is 0.254 e. The van der Waals surface area contributed by atoms with E-state index in [0.717, 1.165) is 55.3 Å². The molecule has 59 heavy (non-hydrogen) atoms. The maximum absolute atomic E-state index is 15.1. The van der Waals surface area contributed by atoms with Gasteiger partial charge in [-0.3, -0.25) is 24.1 Å². The van der Waals surface area contributed by atoms with E-state index < -0.39 is 17.8 Å². The van der Waals surface area contributed by atoms with Gasteiger partial charge in [-0.05, 0) is 91.9 Å². The van der Waals surface area contributed by atoms with Gasteiger partial charge in [0.2, 0.25) is 0 Å². The summed E-state index contributed by atoms with van der Waals surface area (Å²) in [5, 5.41) is 12.1. The van der Waals surface area contributed by atoms with Crippen molar-refractivity contribution in [2.45, 2.75) is 85.5 Å². The number of ketones is 3. The number of carbonyl (C=O) groups excluding carboxylic acids is 4. The summed E-state index contributed by atoms with van der Waals surface area (Å²) in [6.45, 7) is 18.4. The molecular weight excluding hydrogens is 750 g/mol. The van der Waals surface area contributed by atoms with Crippen LogP contribution in [-0.2, 0) is 14.3 Å². The molecule has 4 aliphatic rings. The van der Waals surface area contributed by atoms with E-state index in [1.807, 2.05) is 50.2 Å². The monoisotopic (exact) mass is 805 g/mol. The highest BCUT2D eigenvalue weighted by molar-refractivity contribution is 6.06. The first-order chi connectivity index (χ1) is 28.0. The fourth-order valence-electron chi connectivity index (χ4n) is 10.2. The zero-order valence-corrected chi connectivity index (χ0v) is 35.1. The Morgan fingerprint density at radius 1 is 0.915 bits per heavy atom. The number of hydrogen-bond acceptors (Lipinski definition) is 10. The van der Waals surface area contributed by atoms with E-state index in [1.165, 1.54) is 12.1 Å². The molecule has 2 atom stereocenters. The lowest BCUT2D eigenvalue weighted by Gasteiger charge is -2.63. The van der Waals surface area contributed by atoms with Gasteiger partial charge < -0.3 is 24.6 Å². The topological polar surface area (TPSA) is 132 Å². The summed E-state index contributed by atoms with van der Waals surface area (Å²) in [5.41, 5.74) is 4.38. The molecule has 3 aromatic carbocycles. The maximum Gasteiger partial charge on any atom is 0.254 e. The van der Waals surface area contributed by atoms with E-state index in [-0.39, 0.29) is 71.1 Å². The molecule has 2 saturated heterocycles. The van der Waals surface area contributed by atoms with Crippen LogP contribution in [0.1, 0.15) is 90.8 Å². The van der Waals surface area contributed by atoms with E-state index in [2.05, 4.69) is 53.8 Å². The van der Waals surface area contributed by atoms with Crippen LogP contribution >= 0.6 is 0 Å². The Labute approximate surface area is 346 Å². The number of halogens is 1. The lowest BCUT2D eigenvalue weighted by Crippen LogP contribution is -2.66. The summed E-state index contributed by atoms with van der Waals surface area (Å²) in [6.07, 6.45) is 0.642. The maximum atomic E-state index is 15.1. The number of hydrogen-bond donors (Lipinski definition) is 1. The summed E-state index contributed by atoms with van der Waals surface area (Å²) in [7, 11) is 0. The molecule has 0 radical (unpaired) electrons.